The standard InChI is InChI=1S/C9H7Cl2NS.C4H4S/c10-9-5-8(13(9,11)6-9)7-3-1-2-4-12-7;1-2-4-5-3-1/h1-5H,6H2;1-4H. The SMILES string of the molecule is ClC12C=C(c3ccccn3)S1(Cl)C2.c1ccsc1. The molecule has 0 spiro atoms. The number of pyridine rings is 1. The van der Waals surface area contributed by atoms with E-state index >= 15 is 0 Å². The second kappa shape index (κ2) is 4.57. The molecule has 0 amide bonds. The number of thiophene rings is 1. The summed E-state index contributed by atoms with van der Waals surface area (Å²) in [5, 5.41) is 4.08. The largest absolute Gasteiger partial charge is 0.256 e. The fourth-order valence-corrected chi connectivity index (χ4v) is 6.99. The van der Waals surface area contributed by atoms with Crippen LogP contribution in [0.15, 0.2) is 53.4 Å². The van der Waals surface area contributed by atoms with Crippen molar-refractivity contribution < 1.29 is 0 Å². The van der Waals surface area contributed by atoms with Crippen LogP contribution in [0.1, 0.15) is 5.69 Å². The summed E-state index contributed by atoms with van der Waals surface area (Å²) in [7, 11) is 5.19. The van der Waals surface area contributed by atoms with Gasteiger partial charge in [-0.3, -0.25) is 4.98 Å². The van der Waals surface area contributed by atoms with Gasteiger partial charge in [-0.25, -0.2) is 0 Å². The molecule has 1 fully saturated rings. The number of rotatable bonds is 1. The predicted octanol–water partition coefficient (Wildman–Crippen LogP) is 5.09. The lowest BCUT2D eigenvalue weighted by atomic mass is 10.3. The molecule has 1 nitrogen and oxygen atoms in total. The molecule has 2 aromatic heterocycles. The molecule has 2 unspecified atom stereocenters. The maximum Gasteiger partial charge on any atom is 0.119 e. The maximum absolute atomic E-state index is 6.36. The van der Waals surface area contributed by atoms with Gasteiger partial charge >= 0.3 is 0 Å². The van der Waals surface area contributed by atoms with Crippen molar-refractivity contribution in [2.45, 2.75) is 4.21 Å². The molecule has 2 aliphatic rings. The highest BCUT2D eigenvalue weighted by molar-refractivity contribution is 8.65. The Morgan fingerprint density at radius 3 is 2.39 bits per heavy atom. The molecular formula is C13H11Cl2NS2. The second-order valence-electron chi connectivity index (χ2n) is 4.10. The molecule has 2 aliphatic heterocycles. The normalized spacial score (nSPS) is 34.9. The minimum Gasteiger partial charge on any atom is -0.256 e. The first-order chi connectivity index (χ1) is 8.66. The Bertz CT molecular complexity index is 553. The average molecular weight is 316 g/mol. The first kappa shape index (κ1) is 12.5. The van der Waals surface area contributed by atoms with E-state index in [1.807, 2.05) is 41.1 Å². The molecule has 94 valence electrons. The van der Waals surface area contributed by atoms with Gasteiger partial charge in [0.2, 0.25) is 0 Å². The molecule has 4 heterocycles. The van der Waals surface area contributed by atoms with E-state index in [0.29, 0.717) is 0 Å². The third-order valence-corrected chi connectivity index (χ3v) is 9.46. The summed E-state index contributed by atoms with van der Waals surface area (Å²) in [6.45, 7) is 0. The summed E-state index contributed by atoms with van der Waals surface area (Å²) < 4.78 is -0.179. The van der Waals surface area contributed by atoms with E-state index in [1.54, 1.807) is 17.5 Å². The average Bonchev–Trinajstić information content (AvgIpc) is 2.88. The lowest BCUT2D eigenvalue weighted by molar-refractivity contribution is 1.25. The van der Waals surface area contributed by atoms with Crippen molar-refractivity contribution in [3.05, 3.63) is 59.1 Å². The summed E-state index contributed by atoms with van der Waals surface area (Å²) in [6.07, 6.45) is 3.84. The highest BCUT2D eigenvalue weighted by atomic mass is 35.7. The Hall–Kier alpha value is -0.480. The Balaban J connectivity index is 0.000000169. The van der Waals surface area contributed by atoms with E-state index in [1.165, 1.54) is 4.91 Å². The van der Waals surface area contributed by atoms with Gasteiger partial charge in [0.15, 0.2) is 0 Å². The number of hydrogen-bond acceptors (Lipinski definition) is 2. The lowest BCUT2D eigenvalue weighted by Crippen LogP contribution is -2.07. The summed E-state index contributed by atoms with van der Waals surface area (Å²) in [5.74, 6) is 0.926. The van der Waals surface area contributed by atoms with Crippen molar-refractivity contribution in [2.24, 2.45) is 0 Å². The number of aromatic nitrogens is 1. The van der Waals surface area contributed by atoms with Crippen LogP contribution in [0.5, 0.6) is 0 Å². The van der Waals surface area contributed by atoms with Gasteiger partial charge in [-0.1, -0.05) is 28.9 Å². The van der Waals surface area contributed by atoms with Crippen LogP contribution < -0.4 is 0 Å². The molecule has 1 saturated heterocycles. The first-order valence-corrected chi connectivity index (χ1v) is 9.41. The van der Waals surface area contributed by atoms with Crippen LogP contribution in [0.2, 0.25) is 0 Å². The minimum atomic E-state index is -1.17. The highest BCUT2D eigenvalue weighted by Gasteiger charge is 2.70. The summed E-state index contributed by atoms with van der Waals surface area (Å²) in [4.78, 5) is 5.43. The number of nitrogens with zero attached hydrogens (tertiary/aromatic N) is 1. The van der Waals surface area contributed by atoms with E-state index in [9.17, 15) is 0 Å². The van der Waals surface area contributed by atoms with Crippen LogP contribution in [-0.4, -0.2) is 14.9 Å². The van der Waals surface area contributed by atoms with E-state index in [2.05, 4.69) is 11.1 Å². The molecule has 0 aromatic carbocycles. The van der Waals surface area contributed by atoms with Crippen LogP contribution in [0.4, 0.5) is 0 Å². The Morgan fingerprint density at radius 1 is 1.22 bits per heavy atom. The fourth-order valence-electron chi connectivity index (χ4n) is 1.84. The summed E-state index contributed by atoms with van der Waals surface area (Å²) in [6, 6.07) is 9.90. The first-order valence-electron chi connectivity index (χ1n) is 5.46. The molecular weight excluding hydrogens is 305 g/mol. The van der Waals surface area contributed by atoms with Gasteiger partial charge in [0.1, 0.15) is 4.21 Å². The third-order valence-electron chi connectivity index (χ3n) is 2.88. The number of halogens is 2. The zero-order valence-corrected chi connectivity index (χ0v) is 12.6. The van der Waals surface area contributed by atoms with Gasteiger partial charge in [-0.15, -0.1) is 20.8 Å². The van der Waals surface area contributed by atoms with Crippen molar-refractivity contribution in [1.29, 1.82) is 0 Å². The molecule has 0 N–H and O–H groups in total. The Labute approximate surface area is 121 Å². The molecule has 0 aliphatic carbocycles. The van der Waals surface area contributed by atoms with Gasteiger partial charge in [0.05, 0.1) is 5.69 Å². The molecule has 0 radical (unpaired) electrons. The van der Waals surface area contributed by atoms with E-state index < -0.39 is 9.24 Å². The van der Waals surface area contributed by atoms with Crippen LogP contribution in [0.25, 0.3) is 4.91 Å². The minimum absolute atomic E-state index is 0.179. The number of hydrogen-bond donors (Lipinski definition) is 0. The number of fused-ring (bicyclic) bond motifs is 1. The topological polar surface area (TPSA) is 12.9 Å². The summed E-state index contributed by atoms with van der Waals surface area (Å²) in [5.41, 5.74) is 0.987. The van der Waals surface area contributed by atoms with Crippen LogP contribution >= 0.6 is 42.9 Å². The Kier molecular flexibility index (Phi) is 3.18. The fraction of sp³-hybridized carbons (Fsp3) is 0.154. The van der Waals surface area contributed by atoms with Gasteiger partial charge in [-0.05, 0) is 29.0 Å². The predicted molar refractivity (Wildman–Crippen MR) is 83.4 cm³/mol. The van der Waals surface area contributed by atoms with E-state index in [-0.39, 0.29) is 4.21 Å². The molecule has 18 heavy (non-hydrogen) atoms. The van der Waals surface area contributed by atoms with Crippen molar-refractivity contribution in [2.75, 3.05) is 5.75 Å². The van der Waals surface area contributed by atoms with Gasteiger partial charge < -0.3 is 0 Å². The van der Waals surface area contributed by atoms with Gasteiger partial charge in [0.25, 0.3) is 0 Å². The molecule has 4 rings (SSSR count). The van der Waals surface area contributed by atoms with Gasteiger partial charge in [-0.2, -0.15) is 11.3 Å². The van der Waals surface area contributed by atoms with Crippen molar-refractivity contribution in [3.8, 4) is 0 Å². The van der Waals surface area contributed by atoms with Crippen LogP contribution in [0, 0.1) is 0 Å². The highest BCUT2D eigenvalue weighted by Crippen LogP contribution is 2.94. The Morgan fingerprint density at radius 2 is 2.00 bits per heavy atom. The van der Waals surface area contributed by atoms with Crippen molar-refractivity contribution >= 4 is 47.8 Å². The second-order valence-corrected chi connectivity index (χ2v) is 10.2. The smallest absolute Gasteiger partial charge is 0.119 e. The molecule has 2 atom stereocenters. The zero-order valence-electron chi connectivity index (χ0n) is 9.42. The summed E-state index contributed by atoms with van der Waals surface area (Å²) >= 11 is 7.88. The third kappa shape index (κ3) is 1.99. The molecule has 0 saturated carbocycles. The van der Waals surface area contributed by atoms with Crippen molar-refractivity contribution in [1.82, 2.24) is 4.98 Å². The van der Waals surface area contributed by atoms with E-state index in [0.717, 1.165) is 11.4 Å². The lowest BCUT2D eigenvalue weighted by Gasteiger charge is -2.28. The maximum atomic E-state index is 6.36. The zero-order chi connectivity index (χ0) is 12.6. The number of alkyl halides is 1. The molecule has 2 aromatic rings. The van der Waals surface area contributed by atoms with Crippen LogP contribution in [-0.2, 0) is 0 Å². The quantitative estimate of drug-likeness (QED) is 0.527. The van der Waals surface area contributed by atoms with Crippen LogP contribution in [0.3, 0.4) is 0 Å². The molecule has 0 bridgehead atoms. The monoisotopic (exact) mass is 315 g/mol. The van der Waals surface area contributed by atoms with Crippen molar-refractivity contribution in [3.63, 3.8) is 0 Å². The van der Waals surface area contributed by atoms with Gasteiger partial charge in [0, 0.05) is 16.9 Å². The molecule has 5 heteroatoms. The van der Waals surface area contributed by atoms with E-state index in [4.69, 9.17) is 22.3 Å².